The van der Waals surface area contributed by atoms with Gasteiger partial charge in [-0.15, -0.1) is 0 Å². The Balaban J connectivity index is 1.55. The Morgan fingerprint density at radius 1 is 1.27 bits per heavy atom. The first kappa shape index (κ1) is 22.8. The fourth-order valence-electron chi connectivity index (χ4n) is 4.41. The second-order valence-electron chi connectivity index (χ2n) is 8.41. The van der Waals surface area contributed by atoms with Crippen molar-refractivity contribution in [1.82, 2.24) is 9.47 Å². The van der Waals surface area contributed by atoms with E-state index in [1.165, 1.54) is 0 Å². The van der Waals surface area contributed by atoms with Crippen LogP contribution in [0, 0.1) is 18.3 Å². The summed E-state index contributed by atoms with van der Waals surface area (Å²) in [7, 11) is 0. The van der Waals surface area contributed by atoms with Gasteiger partial charge < -0.3 is 14.9 Å². The second-order valence-corrected chi connectivity index (χ2v) is 8.41. The van der Waals surface area contributed by atoms with E-state index < -0.39 is 12.0 Å². The van der Waals surface area contributed by atoms with Crippen LogP contribution in [0.2, 0.25) is 0 Å². The second kappa shape index (κ2) is 9.61. The number of benzene rings is 2. The Morgan fingerprint density at radius 2 is 2.03 bits per heavy atom. The van der Waals surface area contributed by atoms with Crippen LogP contribution < -0.4 is 11.5 Å². The van der Waals surface area contributed by atoms with Crippen molar-refractivity contribution in [3.63, 3.8) is 0 Å². The van der Waals surface area contributed by atoms with E-state index >= 15 is 0 Å². The van der Waals surface area contributed by atoms with E-state index in [-0.39, 0.29) is 11.8 Å². The molecule has 2 heterocycles. The largest absolute Gasteiger partial charge is 0.419 e. The van der Waals surface area contributed by atoms with Gasteiger partial charge in [-0.25, -0.2) is 4.79 Å². The molecule has 8 nitrogen and oxygen atoms in total. The normalized spacial score (nSPS) is 18.0. The number of hydrogen-bond donors (Lipinski definition) is 1. The van der Waals surface area contributed by atoms with Crippen LogP contribution in [0.4, 0.5) is 0 Å². The molecule has 3 aromatic rings. The zero-order valence-corrected chi connectivity index (χ0v) is 18.9. The van der Waals surface area contributed by atoms with Crippen molar-refractivity contribution in [2.75, 3.05) is 19.7 Å². The van der Waals surface area contributed by atoms with Crippen LogP contribution in [0.25, 0.3) is 22.2 Å². The summed E-state index contributed by atoms with van der Waals surface area (Å²) in [5, 5.41) is 9.79. The van der Waals surface area contributed by atoms with Crippen LogP contribution in [-0.2, 0) is 22.5 Å². The van der Waals surface area contributed by atoms with Crippen LogP contribution >= 0.6 is 0 Å². The minimum absolute atomic E-state index is 0.328. The molecular formula is C25H28N4O4. The Kier molecular flexibility index (Phi) is 6.63. The Bertz CT molecular complexity index is 1250. The van der Waals surface area contributed by atoms with Gasteiger partial charge in [-0.2, -0.15) is 5.26 Å². The third-order valence-corrected chi connectivity index (χ3v) is 6.20. The molecule has 33 heavy (non-hydrogen) atoms. The summed E-state index contributed by atoms with van der Waals surface area (Å²) >= 11 is 0. The molecular weight excluding hydrogens is 420 g/mol. The third kappa shape index (κ3) is 4.70. The van der Waals surface area contributed by atoms with Gasteiger partial charge in [0, 0.05) is 32.7 Å². The monoisotopic (exact) mass is 448 g/mol. The Labute approximate surface area is 192 Å². The number of ether oxygens (including phenoxy) is 1. The van der Waals surface area contributed by atoms with E-state index in [4.69, 9.17) is 14.9 Å². The lowest BCUT2D eigenvalue weighted by molar-refractivity contribution is -0.129. The van der Waals surface area contributed by atoms with Crippen molar-refractivity contribution in [2.24, 2.45) is 5.73 Å². The minimum Gasteiger partial charge on any atom is -0.407 e. The van der Waals surface area contributed by atoms with Crippen LogP contribution in [0.3, 0.4) is 0 Å². The summed E-state index contributed by atoms with van der Waals surface area (Å²) in [4.78, 5) is 25.7. The highest BCUT2D eigenvalue weighted by Crippen LogP contribution is 2.28. The number of aromatic nitrogens is 1. The zero-order chi connectivity index (χ0) is 23.5. The number of carbonyl (C=O) groups excluding carboxylic acids is 1. The summed E-state index contributed by atoms with van der Waals surface area (Å²) in [6.07, 6.45) is 0.601. The van der Waals surface area contributed by atoms with E-state index in [2.05, 4.69) is 6.07 Å². The van der Waals surface area contributed by atoms with Gasteiger partial charge in [0.2, 0.25) is 5.91 Å². The molecule has 0 spiro atoms. The molecule has 2 aromatic carbocycles. The van der Waals surface area contributed by atoms with Gasteiger partial charge in [-0.1, -0.05) is 24.3 Å². The number of carbonyl (C=O) groups is 1. The average Bonchev–Trinajstić information content (AvgIpc) is 2.97. The number of aryl methyl sites for hydroxylation is 2. The van der Waals surface area contributed by atoms with Crippen LogP contribution in [-0.4, -0.2) is 47.2 Å². The van der Waals surface area contributed by atoms with E-state index in [1.54, 1.807) is 4.57 Å². The van der Waals surface area contributed by atoms with Gasteiger partial charge in [-0.3, -0.25) is 14.3 Å². The summed E-state index contributed by atoms with van der Waals surface area (Å²) in [5.41, 5.74) is 10.8. The molecule has 0 unspecified atom stereocenters. The number of hydrogen-bond acceptors (Lipinski definition) is 6. The molecule has 172 valence electrons. The smallest absolute Gasteiger partial charge is 0.407 e. The summed E-state index contributed by atoms with van der Waals surface area (Å²) in [5.74, 6) is -0.843. The van der Waals surface area contributed by atoms with E-state index in [0.717, 1.165) is 34.2 Å². The maximum Gasteiger partial charge on any atom is 0.419 e. The number of oxazole rings is 1. The number of primary amides is 1. The first-order valence-corrected chi connectivity index (χ1v) is 11.2. The highest BCUT2D eigenvalue weighted by molar-refractivity contribution is 5.83. The molecule has 2 N–H and O–H groups in total. The Hall–Kier alpha value is -3.41. The van der Waals surface area contributed by atoms with Crippen LogP contribution in [0.5, 0.6) is 0 Å². The Morgan fingerprint density at radius 3 is 2.70 bits per heavy atom. The fraction of sp³-hybridized carbons (Fsp3) is 0.400. The molecule has 1 amide bonds. The molecule has 8 heteroatoms. The van der Waals surface area contributed by atoms with Crippen molar-refractivity contribution >= 4 is 17.0 Å². The predicted molar refractivity (Wildman–Crippen MR) is 125 cm³/mol. The van der Waals surface area contributed by atoms with Crippen molar-refractivity contribution in [3.8, 4) is 17.2 Å². The maximum atomic E-state index is 12.1. The highest BCUT2D eigenvalue weighted by atomic mass is 16.5. The molecule has 1 saturated heterocycles. The van der Waals surface area contributed by atoms with Gasteiger partial charge >= 0.3 is 5.76 Å². The van der Waals surface area contributed by atoms with E-state index in [9.17, 15) is 14.9 Å². The van der Waals surface area contributed by atoms with Gasteiger partial charge in [0.25, 0.3) is 0 Å². The third-order valence-electron chi connectivity index (χ3n) is 6.20. The highest BCUT2D eigenvalue weighted by Gasteiger charge is 2.28. The maximum absolute atomic E-state index is 12.1. The van der Waals surface area contributed by atoms with E-state index in [0.29, 0.717) is 38.2 Å². The summed E-state index contributed by atoms with van der Waals surface area (Å²) < 4.78 is 12.5. The topological polar surface area (TPSA) is 114 Å². The van der Waals surface area contributed by atoms with Crippen molar-refractivity contribution in [3.05, 3.63) is 58.1 Å². The summed E-state index contributed by atoms with van der Waals surface area (Å²) in [6.45, 7) is 5.87. The van der Waals surface area contributed by atoms with E-state index in [1.807, 2.05) is 55.1 Å². The van der Waals surface area contributed by atoms with Crippen molar-refractivity contribution < 1.29 is 13.9 Å². The van der Waals surface area contributed by atoms with Gasteiger partial charge in [0.15, 0.2) is 5.58 Å². The number of fused-ring (bicyclic) bond motifs is 1. The number of rotatable bonds is 6. The molecule has 1 fully saturated rings. The molecule has 1 aliphatic rings. The quantitative estimate of drug-likeness (QED) is 0.620. The molecule has 0 radical (unpaired) electrons. The molecule has 0 bridgehead atoms. The van der Waals surface area contributed by atoms with Crippen molar-refractivity contribution in [2.45, 2.75) is 45.4 Å². The molecule has 4 rings (SSSR count). The molecule has 2 atom stereocenters. The SMILES string of the molecule is CCn1c(=O)oc2c(C)cc(-c3ccc(C[C@@H](C#N)N4CCCO[C@H](C(N)=O)C4)cc3)cc21. The number of nitriles is 1. The average molecular weight is 449 g/mol. The minimum atomic E-state index is -0.688. The van der Waals surface area contributed by atoms with Crippen LogP contribution in [0.1, 0.15) is 24.5 Å². The molecule has 1 aliphatic heterocycles. The van der Waals surface area contributed by atoms with Crippen molar-refractivity contribution in [1.29, 1.82) is 5.26 Å². The fourth-order valence-corrected chi connectivity index (χ4v) is 4.41. The number of amides is 1. The lowest BCUT2D eigenvalue weighted by Crippen LogP contribution is -2.44. The molecule has 0 saturated carbocycles. The molecule has 0 aliphatic carbocycles. The zero-order valence-electron chi connectivity index (χ0n) is 18.9. The van der Waals surface area contributed by atoms with Gasteiger partial charge in [-0.05, 0) is 54.7 Å². The predicted octanol–water partition coefficient (Wildman–Crippen LogP) is 2.60. The summed E-state index contributed by atoms with van der Waals surface area (Å²) in [6, 6.07) is 14.1. The first-order chi connectivity index (χ1) is 15.9. The standard InChI is InChI=1S/C25H28N4O4/c1-3-29-21-13-19(11-16(2)23(21)33-25(29)31)18-7-5-17(6-8-18)12-20(14-26)28-9-4-10-32-22(15-28)24(27)30/h5-8,11,13,20,22H,3-4,9-10,12,15H2,1-2H3,(H2,27,30)/t20-,22-/m0/s1. The number of nitrogens with zero attached hydrogens (tertiary/aromatic N) is 3. The lowest BCUT2D eigenvalue weighted by Gasteiger charge is -2.27. The van der Waals surface area contributed by atoms with Crippen LogP contribution in [0.15, 0.2) is 45.6 Å². The first-order valence-electron chi connectivity index (χ1n) is 11.2. The number of nitrogens with two attached hydrogens (primary N) is 1. The van der Waals surface area contributed by atoms with Gasteiger partial charge in [0.05, 0.1) is 11.6 Å². The molecule has 1 aromatic heterocycles. The lowest BCUT2D eigenvalue weighted by atomic mass is 9.98. The van der Waals surface area contributed by atoms with Gasteiger partial charge in [0.1, 0.15) is 12.1 Å².